The minimum absolute atomic E-state index is 0.0812. The van der Waals surface area contributed by atoms with Gasteiger partial charge in [-0.2, -0.15) is 0 Å². The second-order valence-corrected chi connectivity index (χ2v) is 5.50. The Hall–Kier alpha value is -1.82. The molecule has 0 aromatic carbocycles. The summed E-state index contributed by atoms with van der Waals surface area (Å²) < 4.78 is 10.3. The average molecular weight is 281 g/mol. The summed E-state index contributed by atoms with van der Waals surface area (Å²) in [6, 6.07) is 2.71. The van der Waals surface area contributed by atoms with Gasteiger partial charge >= 0.3 is 5.97 Å². The van der Waals surface area contributed by atoms with E-state index in [2.05, 4.69) is 6.92 Å². The lowest BCUT2D eigenvalue weighted by Crippen LogP contribution is -2.43. The fourth-order valence-electron chi connectivity index (χ4n) is 2.47. The van der Waals surface area contributed by atoms with Gasteiger partial charge in [0.15, 0.2) is 5.76 Å². The van der Waals surface area contributed by atoms with Crippen molar-refractivity contribution < 1.29 is 23.8 Å². The summed E-state index contributed by atoms with van der Waals surface area (Å²) in [4.78, 5) is 24.6. The smallest absolute Gasteiger partial charge is 0.371 e. The number of carbonyl (C=O) groups is 2. The molecule has 1 aromatic rings. The van der Waals surface area contributed by atoms with Crippen LogP contribution in [0, 0.1) is 5.41 Å². The van der Waals surface area contributed by atoms with Crippen molar-refractivity contribution in [2.75, 3.05) is 26.8 Å². The molecule has 110 valence electrons. The molecule has 2 heterocycles. The number of likely N-dealkylation sites (tertiary alicyclic amines) is 1. The quantitative estimate of drug-likeness (QED) is 0.911. The van der Waals surface area contributed by atoms with E-state index < -0.39 is 5.97 Å². The molecular formula is C14H19NO5. The number of carboxylic acids is 1. The van der Waals surface area contributed by atoms with E-state index >= 15 is 0 Å². The zero-order valence-electron chi connectivity index (χ0n) is 11.7. The number of nitrogens with zero attached hydrogens (tertiary/aromatic N) is 1. The number of hydrogen-bond acceptors (Lipinski definition) is 4. The number of carbonyl (C=O) groups excluding carboxylic acids is 1. The molecule has 0 saturated carbocycles. The van der Waals surface area contributed by atoms with Crippen molar-refractivity contribution in [3.8, 4) is 0 Å². The van der Waals surface area contributed by atoms with Crippen LogP contribution in [-0.2, 0) is 4.74 Å². The van der Waals surface area contributed by atoms with E-state index in [1.807, 2.05) is 0 Å². The van der Waals surface area contributed by atoms with Crippen LogP contribution in [0.1, 0.15) is 40.9 Å². The van der Waals surface area contributed by atoms with Gasteiger partial charge in [0.05, 0.1) is 6.61 Å². The Balaban J connectivity index is 1.99. The standard InChI is InChI=1S/C14H19NO5/c1-14(9-19-2)5-7-15(8-6-14)12(16)10-3-4-11(20-10)13(17)18/h3-4H,5-9H2,1-2H3,(H,17,18). The van der Waals surface area contributed by atoms with Crippen molar-refractivity contribution in [3.05, 3.63) is 23.7 Å². The normalized spacial score (nSPS) is 18.0. The van der Waals surface area contributed by atoms with E-state index in [1.54, 1.807) is 12.0 Å². The van der Waals surface area contributed by atoms with Gasteiger partial charge in [0.2, 0.25) is 5.76 Å². The molecule has 0 atom stereocenters. The average Bonchev–Trinajstić information content (AvgIpc) is 2.88. The molecule has 1 amide bonds. The first-order chi connectivity index (χ1) is 9.45. The largest absolute Gasteiger partial charge is 0.475 e. The van der Waals surface area contributed by atoms with E-state index in [4.69, 9.17) is 14.3 Å². The molecule has 1 fully saturated rings. The van der Waals surface area contributed by atoms with Crippen molar-refractivity contribution in [3.63, 3.8) is 0 Å². The number of hydrogen-bond donors (Lipinski definition) is 1. The molecule has 1 aliphatic heterocycles. The summed E-state index contributed by atoms with van der Waals surface area (Å²) in [6.07, 6.45) is 1.72. The number of carboxylic acid groups (broad SMARTS) is 1. The van der Waals surface area contributed by atoms with Crippen LogP contribution in [0.15, 0.2) is 16.5 Å². The summed E-state index contributed by atoms with van der Waals surface area (Å²) in [5, 5.41) is 8.79. The minimum Gasteiger partial charge on any atom is -0.475 e. The Kier molecular flexibility index (Phi) is 4.13. The summed E-state index contributed by atoms with van der Waals surface area (Å²) >= 11 is 0. The van der Waals surface area contributed by atoms with E-state index in [-0.39, 0.29) is 22.8 Å². The molecule has 6 heteroatoms. The van der Waals surface area contributed by atoms with Crippen molar-refractivity contribution in [2.45, 2.75) is 19.8 Å². The Bertz CT molecular complexity index is 499. The molecule has 0 unspecified atom stereocenters. The van der Waals surface area contributed by atoms with E-state index in [1.165, 1.54) is 12.1 Å². The topological polar surface area (TPSA) is 80.0 Å². The lowest BCUT2D eigenvalue weighted by molar-refractivity contribution is 0.0285. The van der Waals surface area contributed by atoms with Crippen molar-refractivity contribution in [2.24, 2.45) is 5.41 Å². The maximum atomic E-state index is 12.2. The highest BCUT2D eigenvalue weighted by Crippen LogP contribution is 2.31. The van der Waals surface area contributed by atoms with E-state index in [0.29, 0.717) is 19.7 Å². The Morgan fingerprint density at radius 1 is 1.35 bits per heavy atom. The number of furan rings is 1. The summed E-state index contributed by atoms with van der Waals surface area (Å²) in [6.45, 7) is 4.08. The number of rotatable bonds is 4. The van der Waals surface area contributed by atoms with Gasteiger partial charge in [-0.1, -0.05) is 6.92 Å². The van der Waals surface area contributed by atoms with Gasteiger partial charge in [0, 0.05) is 20.2 Å². The van der Waals surface area contributed by atoms with Gasteiger partial charge < -0.3 is 19.2 Å². The van der Waals surface area contributed by atoms with Gasteiger partial charge in [-0.3, -0.25) is 4.79 Å². The second-order valence-electron chi connectivity index (χ2n) is 5.50. The van der Waals surface area contributed by atoms with Crippen molar-refractivity contribution in [1.29, 1.82) is 0 Å². The maximum Gasteiger partial charge on any atom is 0.371 e. The first-order valence-electron chi connectivity index (χ1n) is 6.56. The van der Waals surface area contributed by atoms with Crippen LogP contribution in [-0.4, -0.2) is 48.7 Å². The van der Waals surface area contributed by atoms with Gasteiger partial charge in [-0.15, -0.1) is 0 Å². The highest BCUT2D eigenvalue weighted by atomic mass is 16.5. The number of amides is 1. The lowest BCUT2D eigenvalue weighted by Gasteiger charge is -2.38. The Morgan fingerprint density at radius 3 is 2.45 bits per heavy atom. The van der Waals surface area contributed by atoms with E-state index in [0.717, 1.165) is 12.8 Å². The SMILES string of the molecule is COCC1(C)CCN(C(=O)c2ccc(C(=O)O)o2)CC1. The first kappa shape index (κ1) is 14.6. The minimum atomic E-state index is -1.17. The molecule has 1 aromatic heterocycles. The van der Waals surface area contributed by atoms with Crippen molar-refractivity contribution >= 4 is 11.9 Å². The maximum absolute atomic E-state index is 12.2. The van der Waals surface area contributed by atoms with Crippen LogP contribution in [0.4, 0.5) is 0 Å². The fraction of sp³-hybridized carbons (Fsp3) is 0.571. The predicted octanol–water partition coefficient (Wildman–Crippen LogP) is 1.87. The third kappa shape index (κ3) is 3.01. The van der Waals surface area contributed by atoms with Crippen molar-refractivity contribution in [1.82, 2.24) is 4.90 Å². The highest BCUT2D eigenvalue weighted by molar-refractivity contribution is 5.93. The third-order valence-corrected chi connectivity index (χ3v) is 3.78. The summed E-state index contributed by atoms with van der Waals surface area (Å²) in [7, 11) is 1.68. The van der Waals surface area contributed by atoms with Crippen LogP contribution in [0.3, 0.4) is 0 Å². The number of methoxy groups -OCH3 is 1. The molecule has 20 heavy (non-hydrogen) atoms. The molecule has 0 bridgehead atoms. The number of ether oxygens (including phenoxy) is 1. The van der Waals surface area contributed by atoms with E-state index in [9.17, 15) is 9.59 Å². The second kappa shape index (κ2) is 5.66. The predicted molar refractivity (Wildman–Crippen MR) is 70.8 cm³/mol. The number of aromatic carboxylic acids is 1. The zero-order valence-corrected chi connectivity index (χ0v) is 11.7. The number of piperidine rings is 1. The van der Waals surface area contributed by atoms with Crippen LogP contribution in [0.5, 0.6) is 0 Å². The first-order valence-corrected chi connectivity index (χ1v) is 6.56. The molecule has 1 aliphatic rings. The van der Waals surface area contributed by atoms with Gasteiger partial charge in [0.25, 0.3) is 5.91 Å². The monoisotopic (exact) mass is 281 g/mol. The van der Waals surface area contributed by atoms with Gasteiger partial charge in [-0.05, 0) is 30.4 Å². The molecule has 1 saturated heterocycles. The van der Waals surface area contributed by atoms with Crippen LogP contribution in [0.2, 0.25) is 0 Å². The molecule has 0 radical (unpaired) electrons. The van der Waals surface area contributed by atoms with Crippen LogP contribution >= 0.6 is 0 Å². The third-order valence-electron chi connectivity index (χ3n) is 3.78. The van der Waals surface area contributed by atoms with Crippen LogP contribution in [0.25, 0.3) is 0 Å². The summed E-state index contributed by atoms with van der Waals surface area (Å²) in [5.41, 5.74) is 0.0981. The molecular weight excluding hydrogens is 262 g/mol. The van der Waals surface area contributed by atoms with Crippen LogP contribution < -0.4 is 0 Å². The molecule has 6 nitrogen and oxygen atoms in total. The molecule has 0 aliphatic carbocycles. The Morgan fingerprint density at radius 2 is 1.95 bits per heavy atom. The molecule has 2 rings (SSSR count). The highest BCUT2D eigenvalue weighted by Gasteiger charge is 2.33. The van der Waals surface area contributed by atoms with Gasteiger partial charge in [-0.25, -0.2) is 4.79 Å². The Labute approximate surface area is 117 Å². The fourth-order valence-corrected chi connectivity index (χ4v) is 2.47. The zero-order chi connectivity index (χ0) is 14.8. The van der Waals surface area contributed by atoms with Gasteiger partial charge in [0.1, 0.15) is 0 Å². The lowest BCUT2D eigenvalue weighted by atomic mass is 9.81. The molecule has 0 spiro atoms. The molecule has 1 N–H and O–H groups in total. The summed E-state index contributed by atoms with van der Waals surface area (Å²) in [5.74, 6) is -1.56.